The van der Waals surface area contributed by atoms with Crippen LogP contribution in [0, 0.1) is 0 Å². The Balaban J connectivity index is 1.94. The lowest BCUT2D eigenvalue weighted by Gasteiger charge is -2.32. The van der Waals surface area contributed by atoms with Crippen LogP contribution in [0.4, 0.5) is 5.82 Å². The fraction of sp³-hybridized carbons (Fsp3) is 0.688. The van der Waals surface area contributed by atoms with E-state index in [0.29, 0.717) is 18.6 Å². The molecule has 0 aromatic carbocycles. The van der Waals surface area contributed by atoms with Gasteiger partial charge in [0, 0.05) is 24.7 Å². The molecule has 9 heteroatoms. The summed E-state index contributed by atoms with van der Waals surface area (Å²) in [5.74, 6) is 0.00541. The highest BCUT2D eigenvalue weighted by Crippen LogP contribution is 2.36. The zero-order valence-corrected chi connectivity index (χ0v) is 16.1. The van der Waals surface area contributed by atoms with Gasteiger partial charge in [-0.15, -0.1) is 0 Å². The van der Waals surface area contributed by atoms with E-state index in [2.05, 4.69) is 4.98 Å². The molecule has 0 bridgehead atoms. The Kier molecular flexibility index (Phi) is 4.64. The van der Waals surface area contributed by atoms with Crippen molar-refractivity contribution in [2.45, 2.75) is 63.1 Å². The summed E-state index contributed by atoms with van der Waals surface area (Å²) >= 11 is 0. The van der Waals surface area contributed by atoms with Gasteiger partial charge in [0.05, 0.1) is 11.2 Å². The SMILES string of the molecule is CC1(C)OB(c2cnc(N)c(S(=O)(=O)N3CCCCC3)c2)OC1(C)C. The van der Waals surface area contributed by atoms with E-state index in [1.54, 1.807) is 0 Å². The molecule has 2 saturated heterocycles. The first-order valence-corrected chi connectivity index (χ1v) is 10.1. The molecular weight excluding hydrogens is 341 g/mol. The van der Waals surface area contributed by atoms with E-state index in [4.69, 9.17) is 15.0 Å². The molecule has 0 atom stereocenters. The van der Waals surface area contributed by atoms with Crippen molar-refractivity contribution in [1.82, 2.24) is 9.29 Å². The van der Waals surface area contributed by atoms with Gasteiger partial charge in [-0.05, 0) is 46.6 Å². The number of aromatic nitrogens is 1. The summed E-state index contributed by atoms with van der Waals surface area (Å²) in [7, 11) is -4.34. The van der Waals surface area contributed by atoms with Crippen LogP contribution in [0.25, 0.3) is 0 Å². The zero-order chi connectivity index (χ0) is 18.5. The maximum Gasteiger partial charge on any atom is 0.496 e. The largest absolute Gasteiger partial charge is 0.496 e. The lowest BCUT2D eigenvalue weighted by atomic mass is 9.80. The first-order valence-electron chi connectivity index (χ1n) is 8.66. The van der Waals surface area contributed by atoms with Gasteiger partial charge in [0.25, 0.3) is 0 Å². The van der Waals surface area contributed by atoms with Gasteiger partial charge in [-0.3, -0.25) is 0 Å². The van der Waals surface area contributed by atoms with Crippen molar-refractivity contribution in [3.05, 3.63) is 12.3 Å². The van der Waals surface area contributed by atoms with Crippen molar-refractivity contribution in [1.29, 1.82) is 0 Å². The van der Waals surface area contributed by atoms with Gasteiger partial charge in [-0.2, -0.15) is 4.31 Å². The fourth-order valence-corrected chi connectivity index (χ4v) is 4.65. The third kappa shape index (κ3) is 3.30. The van der Waals surface area contributed by atoms with E-state index in [0.717, 1.165) is 19.3 Å². The van der Waals surface area contributed by atoms with Crippen molar-refractivity contribution in [3.63, 3.8) is 0 Å². The van der Waals surface area contributed by atoms with Crippen LogP contribution in [0.15, 0.2) is 17.2 Å². The van der Waals surface area contributed by atoms with Crippen LogP contribution in [0.5, 0.6) is 0 Å². The van der Waals surface area contributed by atoms with E-state index >= 15 is 0 Å². The van der Waals surface area contributed by atoms with Crippen LogP contribution < -0.4 is 11.2 Å². The van der Waals surface area contributed by atoms with Crippen LogP contribution in [-0.4, -0.2) is 49.1 Å². The summed E-state index contributed by atoms with van der Waals surface area (Å²) in [6.45, 7) is 8.82. The van der Waals surface area contributed by atoms with E-state index in [-0.39, 0.29) is 10.7 Å². The topological polar surface area (TPSA) is 94.8 Å². The number of hydrogen-bond acceptors (Lipinski definition) is 6. The first-order chi connectivity index (χ1) is 11.5. The number of pyridine rings is 1. The van der Waals surface area contributed by atoms with Crippen molar-refractivity contribution in [3.8, 4) is 0 Å². The Morgan fingerprint density at radius 1 is 1.12 bits per heavy atom. The molecule has 1 aromatic rings. The molecule has 2 fully saturated rings. The number of hydrogen-bond donors (Lipinski definition) is 1. The van der Waals surface area contributed by atoms with Crippen molar-refractivity contribution >= 4 is 28.4 Å². The smallest absolute Gasteiger partial charge is 0.399 e. The highest BCUT2D eigenvalue weighted by Gasteiger charge is 2.52. The number of nitrogens with two attached hydrogens (primary N) is 1. The maximum absolute atomic E-state index is 13.0. The van der Waals surface area contributed by atoms with Gasteiger partial charge < -0.3 is 15.0 Å². The fourth-order valence-electron chi connectivity index (χ4n) is 3.03. The molecule has 2 aliphatic rings. The lowest BCUT2D eigenvalue weighted by Crippen LogP contribution is -2.41. The number of anilines is 1. The summed E-state index contributed by atoms with van der Waals surface area (Å²) in [6.07, 6.45) is 4.30. The van der Waals surface area contributed by atoms with Gasteiger partial charge in [0.15, 0.2) is 0 Å². The third-order valence-corrected chi connectivity index (χ3v) is 7.29. The minimum atomic E-state index is -3.67. The van der Waals surface area contributed by atoms with E-state index < -0.39 is 28.3 Å². The molecule has 7 nitrogen and oxygen atoms in total. The monoisotopic (exact) mass is 367 g/mol. The molecule has 0 aliphatic carbocycles. The lowest BCUT2D eigenvalue weighted by molar-refractivity contribution is 0.00578. The van der Waals surface area contributed by atoms with Crippen molar-refractivity contribution in [2.24, 2.45) is 0 Å². The van der Waals surface area contributed by atoms with Gasteiger partial charge in [-0.25, -0.2) is 13.4 Å². The average Bonchev–Trinajstić information content (AvgIpc) is 2.76. The predicted molar refractivity (Wildman–Crippen MR) is 97.0 cm³/mol. The number of piperidine rings is 1. The molecule has 138 valence electrons. The van der Waals surface area contributed by atoms with E-state index in [9.17, 15) is 8.42 Å². The molecule has 0 saturated carbocycles. The second kappa shape index (κ2) is 6.23. The molecule has 0 amide bonds. The number of nitrogens with zero attached hydrogens (tertiary/aromatic N) is 2. The Bertz CT molecular complexity index is 745. The minimum Gasteiger partial charge on any atom is -0.399 e. The maximum atomic E-state index is 13.0. The first kappa shape index (κ1) is 18.6. The average molecular weight is 367 g/mol. The predicted octanol–water partition coefficient (Wildman–Crippen LogP) is 1.14. The summed E-state index contributed by atoms with van der Waals surface area (Å²) < 4.78 is 39.4. The standard InChI is InChI=1S/C16H26BN3O4S/c1-15(2)16(3,4)24-17(23-15)12-10-13(14(18)19-11-12)25(21,22)20-8-6-5-7-9-20/h10-11H,5-9H2,1-4H3,(H2,18,19). The molecular formula is C16H26BN3O4S. The molecule has 0 unspecified atom stereocenters. The van der Waals surface area contributed by atoms with Gasteiger partial charge >= 0.3 is 7.12 Å². The number of sulfonamides is 1. The third-order valence-electron chi connectivity index (χ3n) is 5.36. The van der Waals surface area contributed by atoms with Gasteiger partial charge in [0.2, 0.25) is 10.0 Å². The highest BCUT2D eigenvalue weighted by atomic mass is 32.2. The van der Waals surface area contributed by atoms with Gasteiger partial charge in [-0.1, -0.05) is 6.42 Å². The molecule has 2 aliphatic heterocycles. The Hall–Kier alpha value is -1.16. The molecule has 0 radical (unpaired) electrons. The Morgan fingerprint density at radius 3 is 2.24 bits per heavy atom. The van der Waals surface area contributed by atoms with Crippen LogP contribution >= 0.6 is 0 Å². The van der Waals surface area contributed by atoms with Crippen molar-refractivity contribution < 1.29 is 17.7 Å². The summed E-state index contributed by atoms with van der Waals surface area (Å²) in [6, 6.07) is 1.54. The molecule has 0 spiro atoms. The summed E-state index contributed by atoms with van der Waals surface area (Å²) in [5, 5.41) is 0. The molecule has 3 rings (SSSR count). The summed E-state index contributed by atoms with van der Waals surface area (Å²) in [5.41, 5.74) is 5.43. The zero-order valence-electron chi connectivity index (χ0n) is 15.3. The quantitative estimate of drug-likeness (QED) is 0.805. The van der Waals surface area contributed by atoms with Gasteiger partial charge in [0.1, 0.15) is 10.7 Å². The normalized spacial score (nSPS) is 23.8. The highest BCUT2D eigenvalue weighted by molar-refractivity contribution is 7.89. The molecule has 3 heterocycles. The molecule has 1 aromatic heterocycles. The van der Waals surface area contributed by atoms with E-state index in [1.807, 2.05) is 27.7 Å². The number of rotatable bonds is 3. The van der Waals surface area contributed by atoms with E-state index in [1.165, 1.54) is 16.6 Å². The number of nitrogen functional groups attached to an aromatic ring is 1. The van der Waals surface area contributed by atoms with Crippen LogP contribution in [0.1, 0.15) is 47.0 Å². The van der Waals surface area contributed by atoms with Crippen LogP contribution in [0.3, 0.4) is 0 Å². The van der Waals surface area contributed by atoms with Crippen LogP contribution in [-0.2, 0) is 19.3 Å². The second-order valence-electron chi connectivity index (χ2n) is 7.71. The Morgan fingerprint density at radius 2 is 1.68 bits per heavy atom. The molecule has 25 heavy (non-hydrogen) atoms. The Labute approximate surface area is 150 Å². The molecule has 2 N–H and O–H groups in total. The second-order valence-corrected chi connectivity index (χ2v) is 9.61. The van der Waals surface area contributed by atoms with Crippen molar-refractivity contribution in [2.75, 3.05) is 18.8 Å². The van der Waals surface area contributed by atoms with Crippen LogP contribution in [0.2, 0.25) is 0 Å². The minimum absolute atomic E-state index is 0.00541. The summed E-state index contributed by atoms with van der Waals surface area (Å²) in [4.78, 5) is 4.12.